The molecule has 0 radical (unpaired) electrons. The van der Waals surface area contributed by atoms with Gasteiger partial charge < -0.3 is 25.3 Å². The lowest BCUT2D eigenvalue weighted by molar-refractivity contribution is -0.129. The van der Waals surface area contributed by atoms with Crippen LogP contribution in [-0.2, 0) is 4.79 Å². The van der Waals surface area contributed by atoms with Gasteiger partial charge in [-0.3, -0.25) is 4.79 Å². The van der Waals surface area contributed by atoms with E-state index in [9.17, 15) is 4.79 Å². The van der Waals surface area contributed by atoms with Gasteiger partial charge in [0, 0.05) is 68.6 Å². The Kier molecular flexibility index (Phi) is 8.84. The third-order valence-electron chi connectivity index (χ3n) is 6.14. The zero-order valence-corrected chi connectivity index (χ0v) is 19.9. The van der Waals surface area contributed by atoms with Crippen molar-refractivity contribution in [3.63, 3.8) is 0 Å². The Morgan fingerprint density at radius 1 is 1.10 bits per heavy atom. The number of hydrogen-bond acceptors (Lipinski definition) is 4. The van der Waals surface area contributed by atoms with Gasteiger partial charge in [-0.2, -0.15) is 0 Å². The first-order valence-corrected chi connectivity index (χ1v) is 11.9. The van der Waals surface area contributed by atoms with Crippen LogP contribution in [-0.4, -0.2) is 86.1 Å². The predicted molar refractivity (Wildman–Crippen MR) is 129 cm³/mol. The normalized spacial score (nSPS) is 19.1. The predicted octanol–water partition coefficient (Wildman–Crippen LogP) is 2.42. The molecule has 3 rings (SSSR count). The highest BCUT2D eigenvalue weighted by atomic mass is 35.5. The van der Waals surface area contributed by atoms with Gasteiger partial charge in [0.15, 0.2) is 5.96 Å². The summed E-state index contributed by atoms with van der Waals surface area (Å²) < 4.78 is 0. The number of anilines is 1. The van der Waals surface area contributed by atoms with Gasteiger partial charge in [0.25, 0.3) is 0 Å². The fourth-order valence-electron chi connectivity index (χ4n) is 4.19. The molecule has 2 aliphatic rings. The van der Waals surface area contributed by atoms with Crippen molar-refractivity contribution in [2.75, 3.05) is 57.3 Å². The van der Waals surface area contributed by atoms with Crippen molar-refractivity contribution in [1.82, 2.24) is 20.4 Å². The fourth-order valence-corrected chi connectivity index (χ4v) is 4.31. The standard InChI is InChI=1S/C23H37ClN6O/c1-4-25-23(27-20-9-11-28(12-10-20)18(2)3)26-17-22(31)30-15-13-29(14-16-30)21-7-5-19(24)6-8-21/h5-8,18,20H,4,9-17H2,1-3H3,(H2,25,26,27). The number of amides is 1. The number of piperazine rings is 1. The van der Waals surface area contributed by atoms with Gasteiger partial charge in [-0.15, -0.1) is 0 Å². The highest BCUT2D eigenvalue weighted by Crippen LogP contribution is 2.19. The zero-order chi connectivity index (χ0) is 22.2. The maximum absolute atomic E-state index is 12.7. The van der Waals surface area contributed by atoms with Crippen molar-refractivity contribution < 1.29 is 4.79 Å². The molecule has 0 unspecified atom stereocenters. The smallest absolute Gasteiger partial charge is 0.244 e. The van der Waals surface area contributed by atoms with Crippen LogP contribution in [0, 0.1) is 0 Å². The molecule has 0 aliphatic carbocycles. The summed E-state index contributed by atoms with van der Waals surface area (Å²) in [6, 6.07) is 8.89. The average molecular weight is 449 g/mol. The number of halogens is 1. The van der Waals surface area contributed by atoms with Gasteiger partial charge in [-0.25, -0.2) is 4.99 Å². The van der Waals surface area contributed by atoms with Crippen molar-refractivity contribution in [2.45, 2.75) is 45.7 Å². The quantitative estimate of drug-likeness (QED) is 0.517. The third-order valence-corrected chi connectivity index (χ3v) is 6.39. The van der Waals surface area contributed by atoms with E-state index in [1.54, 1.807) is 0 Å². The number of hydrogen-bond donors (Lipinski definition) is 2. The number of carbonyl (C=O) groups is 1. The molecule has 2 heterocycles. The maximum atomic E-state index is 12.7. The second-order valence-electron chi connectivity index (χ2n) is 8.59. The number of rotatable bonds is 6. The van der Waals surface area contributed by atoms with Crippen molar-refractivity contribution in [3.8, 4) is 0 Å². The molecule has 7 nitrogen and oxygen atoms in total. The van der Waals surface area contributed by atoms with E-state index in [0.717, 1.165) is 62.2 Å². The summed E-state index contributed by atoms with van der Waals surface area (Å²) >= 11 is 5.98. The van der Waals surface area contributed by atoms with E-state index >= 15 is 0 Å². The van der Waals surface area contributed by atoms with Crippen LogP contribution < -0.4 is 15.5 Å². The first-order chi connectivity index (χ1) is 15.0. The Hall–Kier alpha value is -1.99. The Labute approximate surface area is 191 Å². The van der Waals surface area contributed by atoms with Gasteiger partial charge in [0.2, 0.25) is 5.91 Å². The molecule has 0 aromatic heterocycles. The molecule has 2 saturated heterocycles. The number of nitrogens with one attached hydrogen (secondary N) is 2. The second kappa shape index (κ2) is 11.6. The van der Waals surface area contributed by atoms with E-state index in [1.807, 2.05) is 29.2 Å². The molecule has 2 N–H and O–H groups in total. The molecule has 0 bridgehead atoms. The zero-order valence-electron chi connectivity index (χ0n) is 19.1. The Morgan fingerprint density at radius 2 is 1.74 bits per heavy atom. The monoisotopic (exact) mass is 448 g/mol. The molecule has 0 saturated carbocycles. The van der Waals surface area contributed by atoms with Crippen LogP contribution in [0.1, 0.15) is 33.6 Å². The molecule has 1 amide bonds. The number of aliphatic imine (C=N–C) groups is 1. The molecule has 2 aliphatic heterocycles. The number of piperidine rings is 1. The topological polar surface area (TPSA) is 63.2 Å². The van der Waals surface area contributed by atoms with Crippen LogP contribution in [0.5, 0.6) is 0 Å². The van der Waals surface area contributed by atoms with Crippen LogP contribution >= 0.6 is 11.6 Å². The number of carbonyl (C=O) groups excluding carboxylic acids is 1. The van der Waals surface area contributed by atoms with Crippen molar-refractivity contribution in [2.24, 2.45) is 4.99 Å². The minimum atomic E-state index is 0.0857. The molecular weight excluding hydrogens is 412 g/mol. The van der Waals surface area contributed by atoms with Crippen molar-refractivity contribution >= 4 is 29.2 Å². The van der Waals surface area contributed by atoms with Gasteiger partial charge >= 0.3 is 0 Å². The van der Waals surface area contributed by atoms with Gasteiger partial charge in [-0.1, -0.05) is 11.6 Å². The van der Waals surface area contributed by atoms with E-state index in [4.69, 9.17) is 11.6 Å². The lowest BCUT2D eigenvalue weighted by Gasteiger charge is -2.36. The van der Waals surface area contributed by atoms with Crippen molar-refractivity contribution in [1.29, 1.82) is 0 Å². The lowest BCUT2D eigenvalue weighted by atomic mass is 10.0. The minimum absolute atomic E-state index is 0.0857. The molecule has 31 heavy (non-hydrogen) atoms. The summed E-state index contributed by atoms with van der Waals surface area (Å²) in [7, 11) is 0. The average Bonchev–Trinajstić information content (AvgIpc) is 2.78. The summed E-state index contributed by atoms with van der Waals surface area (Å²) in [6.45, 7) is 12.8. The molecule has 0 atom stereocenters. The largest absolute Gasteiger partial charge is 0.368 e. The molecule has 172 valence electrons. The van der Waals surface area contributed by atoms with E-state index in [-0.39, 0.29) is 12.5 Å². The maximum Gasteiger partial charge on any atom is 0.244 e. The SMILES string of the molecule is CCNC(=NCC(=O)N1CCN(c2ccc(Cl)cc2)CC1)NC1CCN(C(C)C)CC1. The fraction of sp³-hybridized carbons (Fsp3) is 0.652. The molecule has 0 spiro atoms. The van der Waals surface area contributed by atoms with Crippen LogP contribution in [0.4, 0.5) is 5.69 Å². The van der Waals surface area contributed by atoms with E-state index in [2.05, 4.69) is 46.2 Å². The number of guanidine groups is 1. The molecule has 8 heteroatoms. The van der Waals surface area contributed by atoms with Crippen LogP contribution in [0.3, 0.4) is 0 Å². The van der Waals surface area contributed by atoms with Crippen LogP contribution in [0.15, 0.2) is 29.3 Å². The molecule has 1 aromatic rings. The van der Waals surface area contributed by atoms with E-state index in [0.29, 0.717) is 25.2 Å². The van der Waals surface area contributed by atoms with E-state index < -0.39 is 0 Å². The highest BCUT2D eigenvalue weighted by molar-refractivity contribution is 6.30. The Balaban J connectivity index is 1.46. The van der Waals surface area contributed by atoms with Crippen molar-refractivity contribution in [3.05, 3.63) is 29.3 Å². The molecule has 1 aromatic carbocycles. The van der Waals surface area contributed by atoms with Crippen LogP contribution in [0.25, 0.3) is 0 Å². The summed E-state index contributed by atoms with van der Waals surface area (Å²) in [5, 5.41) is 7.56. The Bertz CT molecular complexity index is 722. The lowest BCUT2D eigenvalue weighted by Crippen LogP contribution is -2.51. The number of nitrogens with zero attached hydrogens (tertiary/aromatic N) is 4. The molecule has 2 fully saturated rings. The summed E-state index contributed by atoms with van der Waals surface area (Å²) in [6.07, 6.45) is 2.20. The first-order valence-electron chi connectivity index (χ1n) is 11.5. The third kappa shape index (κ3) is 7.01. The first kappa shape index (κ1) is 23.7. The molecular formula is C23H37ClN6O. The summed E-state index contributed by atoms with van der Waals surface area (Å²) in [4.78, 5) is 24.0. The number of benzene rings is 1. The minimum Gasteiger partial charge on any atom is -0.368 e. The second-order valence-corrected chi connectivity index (χ2v) is 9.02. The van der Waals surface area contributed by atoms with Crippen LogP contribution in [0.2, 0.25) is 5.02 Å². The van der Waals surface area contributed by atoms with E-state index in [1.165, 1.54) is 0 Å². The summed E-state index contributed by atoms with van der Waals surface area (Å²) in [5.41, 5.74) is 1.15. The Morgan fingerprint density at radius 3 is 2.32 bits per heavy atom. The highest BCUT2D eigenvalue weighted by Gasteiger charge is 2.23. The van der Waals surface area contributed by atoms with Gasteiger partial charge in [0.05, 0.1) is 0 Å². The number of likely N-dealkylation sites (tertiary alicyclic amines) is 1. The van der Waals surface area contributed by atoms with Gasteiger partial charge in [-0.05, 0) is 57.9 Å². The van der Waals surface area contributed by atoms with Gasteiger partial charge in [0.1, 0.15) is 6.54 Å². The summed E-state index contributed by atoms with van der Waals surface area (Å²) in [5.74, 6) is 0.834.